The van der Waals surface area contributed by atoms with Crippen molar-refractivity contribution in [2.75, 3.05) is 0 Å². The van der Waals surface area contributed by atoms with Crippen LogP contribution in [0.1, 0.15) is 29.8 Å². The Morgan fingerprint density at radius 3 is 2.31 bits per heavy atom. The molecule has 0 radical (unpaired) electrons. The SMILES string of the molecule is CC(=O)N1N=C(c2cccc3ccccc23)O[C@H]1c1cccc(OCc2cccc3ccccc23)c1. The van der Waals surface area contributed by atoms with E-state index in [2.05, 4.69) is 29.4 Å². The van der Waals surface area contributed by atoms with Gasteiger partial charge >= 0.3 is 0 Å². The molecule has 1 aliphatic rings. The van der Waals surface area contributed by atoms with Crippen LogP contribution in [0, 0.1) is 0 Å². The van der Waals surface area contributed by atoms with Gasteiger partial charge in [-0.2, -0.15) is 5.01 Å². The van der Waals surface area contributed by atoms with E-state index in [1.165, 1.54) is 22.7 Å². The molecule has 0 unspecified atom stereocenters. The molecule has 36 heavy (non-hydrogen) atoms. The number of hydrazone groups is 1. The van der Waals surface area contributed by atoms with Crippen molar-refractivity contribution < 1.29 is 14.3 Å². The van der Waals surface area contributed by atoms with Gasteiger partial charge in [-0.25, -0.2) is 0 Å². The summed E-state index contributed by atoms with van der Waals surface area (Å²) in [6.45, 7) is 1.93. The van der Waals surface area contributed by atoms with Crippen molar-refractivity contribution >= 4 is 33.3 Å². The molecule has 0 bridgehead atoms. The zero-order chi connectivity index (χ0) is 24.5. The number of benzene rings is 5. The van der Waals surface area contributed by atoms with Gasteiger partial charge in [-0.05, 0) is 45.3 Å². The van der Waals surface area contributed by atoms with Gasteiger partial charge in [0.25, 0.3) is 0 Å². The van der Waals surface area contributed by atoms with Gasteiger partial charge in [-0.15, -0.1) is 5.10 Å². The molecule has 0 saturated carbocycles. The van der Waals surface area contributed by atoms with Gasteiger partial charge in [-0.3, -0.25) is 4.79 Å². The lowest BCUT2D eigenvalue weighted by molar-refractivity contribution is -0.135. The number of fused-ring (bicyclic) bond motifs is 2. The first kappa shape index (κ1) is 21.9. The average molecular weight is 473 g/mol. The molecule has 176 valence electrons. The van der Waals surface area contributed by atoms with Gasteiger partial charge in [0.2, 0.25) is 18.0 Å². The Bertz CT molecular complexity index is 1610. The van der Waals surface area contributed by atoms with Crippen molar-refractivity contribution in [3.8, 4) is 5.75 Å². The zero-order valence-corrected chi connectivity index (χ0v) is 19.8. The Morgan fingerprint density at radius 2 is 1.50 bits per heavy atom. The van der Waals surface area contributed by atoms with Crippen LogP contribution in [0.15, 0.2) is 114 Å². The molecule has 1 atom stereocenters. The van der Waals surface area contributed by atoms with Crippen LogP contribution < -0.4 is 4.74 Å². The first-order valence-electron chi connectivity index (χ1n) is 11.9. The molecule has 0 aliphatic carbocycles. The third kappa shape index (κ3) is 4.05. The van der Waals surface area contributed by atoms with Crippen LogP contribution in [-0.4, -0.2) is 16.8 Å². The number of nitrogens with zero attached hydrogens (tertiary/aromatic N) is 2. The minimum absolute atomic E-state index is 0.197. The number of amides is 1. The highest BCUT2D eigenvalue weighted by atomic mass is 16.5. The monoisotopic (exact) mass is 472 g/mol. The lowest BCUT2D eigenvalue weighted by atomic mass is 10.0. The van der Waals surface area contributed by atoms with E-state index in [0.29, 0.717) is 18.3 Å². The highest BCUT2D eigenvalue weighted by molar-refractivity contribution is 6.07. The lowest BCUT2D eigenvalue weighted by Crippen LogP contribution is -2.25. The molecule has 0 spiro atoms. The predicted octanol–water partition coefficient (Wildman–Crippen LogP) is 6.81. The van der Waals surface area contributed by atoms with E-state index in [1.807, 2.05) is 84.9 Å². The molecule has 0 aromatic heterocycles. The molecule has 5 aromatic rings. The highest BCUT2D eigenvalue weighted by Gasteiger charge is 2.33. The smallest absolute Gasteiger partial charge is 0.243 e. The molecule has 0 fully saturated rings. The van der Waals surface area contributed by atoms with E-state index in [9.17, 15) is 4.79 Å². The summed E-state index contributed by atoms with van der Waals surface area (Å²) in [6, 6.07) is 36.2. The fourth-order valence-electron chi connectivity index (χ4n) is 4.64. The maximum absolute atomic E-state index is 12.5. The fourth-order valence-corrected chi connectivity index (χ4v) is 4.64. The molecular weight excluding hydrogens is 448 g/mol. The van der Waals surface area contributed by atoms with Crippen molar-refractivity contribution in [2.24, 2.45) is 5.10 Å². The average Bonchev–Trinajstić information content (AvgIpc) is 3.38. The van der Waals surface area contributed by atoms with E-state index >= 15 is 0 Å². The molecule has 1 heterocycles. The molecule has 5 aromatic carbocycles. The maximum atomic E-state index is 12.5. The van der Waals surface area contributed by atoms with E-state index in [4.69, 9.17) is 9.47 Å². The molecule has 1 aliphatic heterocycles. The normalized spacial score (nSPS) is 15.1. The number of rotatable bonds is 5. The lowest BCUT2D eigenvalue weighted by Gasteiger charge is -2.20. The largest absolute Gasteiger partial charge is 0.489 e. The molecule has 0 saturated heterocycles. The molecule has 5 heteroatoms. The van der Waals surface area contributed by atoms with Crippen molar-refractivity contribution in [3.63, 3.8) is 0 Å². The third-order valence-electron chi connectivity index (χ3n) is 6.40. The minimum Gasteiger partial charge on any atom is -0.489 e. The molecular formula is C31H24N2O3. The minimum atomic E-state index is -0.669. The van der Waals surface area contributed by atoms with Gasteiger partial charge < -0.3 is 9.47 Å². The van der Waals surface area contributed by atoms with Crippen LogP contribution >= 0.6 is 0 Å². The number of carbonyl (C=O) groups is 1. The second kappa shape index (κ2) is 9.19. The summed E-state index contributed by atoms with van der Waals surface area (Å²) in [5, 5.41) is 10.4. The summed E-state index contributed by atoms with van der Waals surface area (Å²) in [6.07, 6.45) is -0.669. The third-order valence-corrected chi connectivity index (χ3v) is 6.40. The maximum Gasteiger partial charge on any atom is 0.243 e. The van der Waals surface area contributed by atoms with Crippen LogP contribution in [-0.2, 0) is 16.1 Å². The second-order valence-corrected chi connectivity index (χ2v) is 8.77. The summed E-state index contributed by atoms with van der Waals surface area (Å²) >= 11 is 0. The zero-order valence-electron chi connectivity index (χ0n) is 19.8. The van der Waals surface area contributed by atoms with Crippen LogP contribution in [0.5, 0.6) is 5.75 Å². The number of hydrogen-bond acceptors (Lipinski definition) is 4. The second-order valence-electron chi connectivity index (χ2n) is 8.77. The Morgan fingerprint density at radius 1 is 0.833 bits per heavy atom. The summed E-state index contributed by atoms with van der Waals surface area (Å²) in [4.78, 5) is 12.5. The summed E-state index contributed by atoms with van der Waals surface area (Å²) in [5.74, 6) is 0.928. The van der Waals surface area contributed by atoms with Gasteiger partial charge in [0.1, 0.15) is 12.4 Å². The summed E-state index contributed by atoms with van der Waals surface area (Å²) < 4.78 is 12.5. The Labute approximate surface area is 209 Å². The number of ether oxygens (including phenoxy) is 2. The Kier molecular flexibility index (Phi) is 5.58. The molecule has 6 rings (SSSR count). The summed E-state index contributed by atoms with van der Waals surface area (Å²) in [7, 11) is 0. The number of hydrogen-bond donors (Lipinski definition) is 0. The van der Waals surface area contributed by atoms with E-state index in [1.54, 1.807) is 0 Å². The quantitative estimate of drug-likeness (QED) is 0.282. The van der Waals surface area contributed by atoms with Gasteiger partial charge in [-0.1, -0.05) is 91.0 Å². The van der Waals surface area contributed by atoms with Crippen molar-refractivity contribution in [1.29, 1.82) is 0 Å². The van der Waals surface area contributed by atoms with Gasteiger partial charge in [0, 0.05) is 18.1 Å². The Hall–Kier alpha value is -4.64. The topological polar surface area (TPSA) is 51.1 Å². The first-order valence-corrected chi connectivity index (χ1v) is 11.9. The molecule has 1 amide bonds. The van der Waals surface area contributed by atoms with Crippen LogP contribution in [0.3, 0.4) is 0 Å². The van der Waals surface area contributed by atoms with Gasteiger partial charge in [0.15, 0.2) is 0 Å². The van der Waals surface area contributed by atoms with Crippen molar-refractivity contribution in [3.05, 3.63) is 126 Å². The van der Waals surface area contributed by atoms with E-state index in [0.717, 1.165) is 27.5 Å². The van der Waals surface area contributed by atoms with Gasteiger partial charge in [0.05, 0.1) is 0 Å². The summed E-state index contributed by atoms with van der Waals surface area (Å²) in [5.41, 5.74) is 2.76. The standard InChI is InChI=1S/C31H24N2O3/c1-21(34)33-31(36-30(32-33)29-18-8-12-23-10-3-5-17-28(23)29)24-13-7-15-26(19-24)35-20-25-14-6-11-22-9-2-4-16-27(22)25/h2-19,31H,20H2,1H3/t31-/m0/s1. The van der Waals surface area contributed by atoms with Crippen molar-refractivity contribution in [2.45, 2.75) is 19.8 Å². The fraction of sp³-hybridized carbons (Fsp3) is 0.0968. The predicted molar refractivity (Wildman–Crippen MR) is 142 cm³/mol. The molecule has 0 N–H and O–H groups in total. The van der Waals surface area contributed by atoms with E-state index < -0.39 is 6.23 Å². The van der Waals surface area contributed by atoms with Crippen molar-refractivity contribution in [1.82, 2.24) is 5.01 Å². The first-order chi connectivity index (χ1) is 17.7. The highest BCUT2D eigenvalue weighted by Crippen LogP contribution is 2.34. The Balaban J connectivity index is 1.27. The van der Waals surface area contributed by atoms with Crippen LogP contribution in [0.2, 0.25) is 0 Å². The van der Waals surface area contributed by atoms with Crippen LogP contribution in [0.4, 0.5) is 0 Å². The molecule has 5 nitrogen and oxygen atoms in total. The van der Waals surface area contributed by atoms with Crippen LogP contribution in [0.25, 0.3) is 21.5 Å². The number of carbonyl (C=O) groups excluding carboxylic acids is 1. The van der Waals surface area contributed by atoms with E-state index in [-0.39, 0.29) is 5.91 Å².